The van der Waals surface area contributed by atoms with Crippen molar-refractivity contribution in [2.24, 2.45) is 5.92 Å². The van der Waals surface area contributed by atoms with E-state index < -0.39 is 0 Å². The zero-order valence-corrected chi connectivity index (χ0v) is 17.7. The summed E-state index contributed by atoms with van der Waals surface area (Å²) in [4.78, 5) is 0. The van der Waals surface area contributed by atoms with Gasteiger partial charge in [0.1, 0.15) is 0 Å². The summed E-state index contributed by atoms with van der Waals surface area (Å²) in [5, 5.41) is 6.96. The van der Waals surface area contributed by atoms with Gasteiger partial charge >= 0.3 is 0 Å². The lowest BCUT2D eigenvalue weighted by Crippen LogP contribution is -2.15. The molecule has 0 saturated heterocycles. The SMILES string of the molecule is CC(C)CCC(C)Nc1ccc(Nc2ccccc2)cc1.Nc1ccc(N)cc1. The van der Waals surface area contributed by atoms with Crippen molar-refractivity contribution < 1.29 is 0 Å². The van der Waals surface area contributed by atoms with E-state index in [1.807, 2.05) is 18.2 Å². The van der Waals surface area contributed by atoms with Crippen LogP contribution in [0.2, 0.25) is 0 Å². The Morgan fingerprint density at radius 2 is 1.10 bits per heavy atom. The third kappa shape index (κ3) is 9.06. The van der Waals surface area contributed by atoms with E-state index >= 15 is 0 Å². The minimum absolute atomic E-state index is 0.514. The summed E-state index contributed by atoms with van der Waals surface area (Å²) in [6, 6.07) is 26.3. The summed E-state index contributed by atoms with van der Waals surface area (Å²) in [6.45, 7) is 6.80. The molecule has 3 aromatic carbocycles. The number of nitrogens with two attached hydrogens (primary N) is 2. The first kappa shape index (κ1) is 22.2. The molecular weight excluding hydrogens is 356 g/mol. The van der Waals surface area contributed by atoms with Crippen molar-refractivity contribution in [1.82, 2.24) is 0 Å². The summed E-state index contributed by atoms with van der Waals surface area (Å²) >= 11 is 0. The van der Waals surface area contributed by atoms with E-state index in [1.54, 1.807) is 24.3 Å². The Labute approximate surface area is 175 Å². The Morgan fingerprint density at radius 3 is 1.62 bits per heavy atom. The highest BCUT2D eigenvalue weighted by atomic mass is 14.9. The predicted octanol–water partition coefficient (Wildman–Crippen LogP) is 6.52. The highest BCUT2D eigenvalue weighted by molar-refractivity contribution is 5.62. The van der Waals surface area contributed by atoms with Gasteiger partial charge in [0.2, 0.25) is 0 Å². The molecule has 1 unspecified atom stereocenters. The van der Waals surface area contributed by atoms with Crippen LogP contribution < -0.4 is 22.1 Å². The molecule has 0 spiro atoms. The van der Waals surface area contributed by atoms with Crippen molar-refractivity contribution in [3.8, 4) is 0 Å². The molecule has 0 aliphatic rings. The van der Waals surface area contributed by atoms with E-state index in [0.717, 1.165) is 28.7 Å². The minimum atomic E-state index is 0.514. The molecule has 1 atom stereocenters. The Hall–Kier alpha value is -3.14. The van der Waals surface area contributed by atoms with Crippen molar-refractivity contribution in [1.29, 1.82) is 0 Å². The molecule has 0 fully saturated rings. The third-order valence-electron chi connectivity index (χ3n) is 4.47. The second kappa shape index (κ2) is 11.6. The highest BCUT2D eigenvalue weighted by Crippen LogP contribution is 2.20. The second-order valence-electron chi connectivity index (χ2n) is 7.75. The summed E-state index contributed by atoms with van der Waals surface area (Å²) in [5.41, 5.74) is 15.7. The van der Waals surface area contributed by atoms with Gasteiger partial charge in [-0.1, -0.05) is 32.0 Å². The van der Waals surface area contributed by atoms with Gasteiger partial charge < -0.3 is 22.1 Å². The van der Waals surface area contributed by atoms with Gasteiger partial charge in [-0.2, -0.15) is 0 Å². The lowest BCUT2D eigenvalue weighted by molar-refractivity contribution is 0.528. The third-order valence-corrected chi connectivity index (χ3v) is 4.47. The Balaban J connectivity index is 0.000000313. The van der Waals surface area contributed by atoms with Crippen molar-refractivity contribution in [2.45, 2.75) is 39.7 Å². The molecule has 0 saturated carbocycles. The number of hydrogen-bond donors (Lipinski definition) is 4. The molecular formula is C25H34N4. The minimum Gasteiger partial charge on any atom is -0.399 e. The van der Waals surface area contributed by atoms with Crippen LogP contribution in [0.25, 0.3) is 0 Å². The van der Waals surface area contributed by atoms with Crippen molar-refractivity contribution in [3.05, 3.63) is 78.9 Å². The standard InChI is InChI=1S/C19H26N2.C6H8N2/c1-15(2)9-10-16(3)20-18-11-13-19(14-12-18)21-17-7-5-4-6-8-17;7-5-1-2-6(8)4-3-5/h4-8,11-16,20-21H,9-10H2,1-3H3;1-4H,7-8H2. The number of rotatable bonds is 7. The van der Waals surface area contributed by atoms with Crippen LogP contribution in [0.4, 0.5) is 28.4 Å². The Morgan fingerprint density at radius 1 is 0.621 bits per heavy atom. The van der Waals surface area contributed by atoms with E-state index in [1.165, 1.54) is 18.5 Å². The number of hydrogen-bond acceptors (Lipinski definition) is 4. The Kier molecular flexibility index (Phi) is 8.90. The maximum Gasteiger partial charge on any atom is 0.0385 e. The summed E-state index contributed by atoms with van der Waals surface area (Å²) < 4.78 is 0. The first-order valence-corrected chi connectivity index (χ1v) is 10.2. The monoisotopic (exact) mass is 390 g/mol. The quantitative estimate of drug-likeness (QED) is 0.346. The van der Waals surface area contributed by atoms with Crippen LogP contribution in [-0.4, -0.2) is 6.04 Å². The van der Waals surface area contributed by atoms with Crippen LogP contribution in [0.1, 0.15) is 33.6 Å². The van der Waals surface area contributed by atoms with Gasteiger partial charge in [0.05, 0.1) is 0 Å². The van der Waals surface area contributed by atoms with Gasteiger partial charge in [-0.15, -0.1) is 0 Å². The molecule has 3 aromatic rings. The zero-order valence-electron chi connectivity index (χ0n) is 17.7. The van der Waals surface area contributed by atoms with E-state index in [-0.39, 0.29) is 0 Å². The molecule has 0 radical (unpaired) electrons. The largest absolute Gasteiger partial charge is 0.399 e. The lowest BCUT2D eigenvalue weighted by atomic mass is 10.0. The molecule has 6 N–H and O–H groups in total. The predicted molar refractivity (Wildman–Crippen MR) is 129 cm³/mol. The second-order valence-corrected chi connectivity index (χ2v) is 7.75. The van der Waals surface area contributed by atoms with Crippen LogP contribution >= 0.6 is 0 Å². The summed E-state index contributed by atoms with van der Waals surface area (Å²) in [6.07, 6.45) is 2.48. The molecule has 29 heavy (non-hydrogen) atoms. The number of benzene rings is 3. The first-order chi connectivity index (χ1) is 13.9. The fraction of sp³-hybridized carbons (Fsp3) is 0.280. The van der Waals surface area contributed by atoms with Gasteiger partial charge in [-0.25, -0.2) is 0 Å². The van der Waals surface area contributed by atoms with E-state index in [9.17, 15) is 0 Å². The van der Waals surface area contributed by atoms with Crippen LogP contribution in [0.3, 0.4) is 0 Å². The Bertz CT molecular complexity index is 791. The molecule has 3 rings (SSSR count). The molecule has 0 bridgehead atoms. The van der Waals surface area contributed by atoms with Gasteiger partial charge in [0.15, 0.2) is 0 Å². The molecule has 0 aliphatic heterocycles. The molecule has 4 nitrogen and oxygen atoms in total. The van der Waals surface area contributed by atoms with Crippen LogP contribution in [0.15, 0.2) is 78.9 Å². The number of para-hydroxylation sites is 1. The average molecular weight is 391 g/mol. The molecule has 0 aliphatic carbocycles. The molecule has 0 heterocycles. The zero-order chi connectivity index (χ0) is 21.1. The normalized spacial score (nSPS) is 11.3. The average Bonchev–Trinajstić information content (AvgIpc) is 2.71. The van der Waals surface area contributed by atoms with Crippen molar-refractivity contribution >= 4 is 28.4 Å². The summed E-state index contributed by atoms with van der Waals surface area (Å²) in [7, 11) is 0. The van der Waals surface area contributed by atoms with Gasteiger partial charge in [-0.05, 0) is 86.3 Å². The highest BCUT2D eigenvalue weighted by Gasteiger charge is 2.04. The van der Waals surface area contributed by atoms with Gasteiger partial charge in [-0.3, -0.25) is 0 Å². The lowest BCUT2D eigenvalue weighted by Gasteiger charge is -2.16. The molecule has 0 aromatic heterocycles. The number of anilines is 5. The molecule has 4 heteroatoms. The maximum absolute atomic E-state index is 5.37. The van der Waals surface area contributed by atoms with Gasteiger partial charge in [0, 0.05) is 34.5 Å². The number of nitrogen functional groups attached to an aromatic ring is 2. The van der Waals surface area contributed by atoms with Crippen LogP contribution in [0, 0.1) is 5.92 Å². The van der Waals surface area contributed by atoms with Crippen molar-refractivity contribution in [3.63, 3.8) is 0 Å². The topological polar surface area (TPSA) is 76.1 Å². The van der Waals surface area contributed by atoms with E-state index in [2.05, 4.69) is 67.8 Å². The van der Waals surface area contributed by atoms with Crippen LogP contribution in [-0.2, 0) is 0 Å². The fourth-order valence-electron chi connectivity index (χ4n) is 2.77. The fourth-order valence-corrected chi connectivity index (χ4v) is 2.77. The summed E-state index contributed by atoms with van der Waals surface area (Å²) in [5.74, 6) is 0.770. The smallest absolute Gasteiger partial charge is 0.0385 e. The first-order valence-electron chi connectivity index (χ1n) is 10.2. The molecule has 154 valence electrons. The number of nitrogens with one attached hydrogen (secondary N) is 2. The van der Waals surface area contributed by atoms with E-state index in [4.69, 9.17) is 11.5 Å². The maximum atomic E-state index is 5.37. The van der Waals surface area contributed by atoms with Crippen LogP contribution in [0.5, 0.6) is 0 Å². The van der Waals surface area contributed by atoms with Gasteiger partial charge in [0.25, 0.3) is 0 Å². The van der Waals surface area contributed by atoms with Crippen molar-refractivity contribution in [2.75, 3.05) is 22.1 Å². The van der Waals surface area contributed by atoms with E-state index in [0.29, 0.717) is 6.04 Å². The molecule has 0 amide bonds.